The van der Waals surface area contributed by atoms with Crippen LogP contribution in [0.3, 0.4) is 0 Å². The van der Waals surface area contributed by atoms with Crippen LogP contribution in [-0.2, 0) is 0 Å². The fraction of sp³-hybridized carbons (Fsp3) is 0.150. The molecule has 1 heterocycles. The summed E-state index contributed by atoms with van der Waals surface area (Å²) in [5.41, 5.74) is 3.52. The summed E-state index contributed by atoms with van der Waals surface area (Å²) in [6, 6.07) is 12.7. The van der Waals surface area contributed by atoms with Gasteiger partial charge in [-0.3, -0.25) is 9.59 Å². The first-order valence-corrected chi connectivity index (χ1v) is 8.96. The third kappa shape index (κ3) is 4.15. The number of nitrogens with zero attached hydrogens (tertiary/aromatic N) is 1. The summed E-state index contributed by atoms with van der Waals surface area (Å²) in [4.78, 5) is 29.1. The second-order valence-electron chi connectivity index (χ2n) is 6.05. The molecule has 26 heavy (non-hydrogen) atoms. The summed E-state index contributed by atoms with van der Waals surface area (Å²) in [5.74, 6) is -0.431. The number of thiazole rings is 1. The summed E-state index contributed by atoms with van der Waals surface area (Å²) in [6.45, 7) is 5.68. The highest BCUT2D eigenvalue weighted by Crippen LogP contribution is 2.21. The van der Waals surface area contributed by atoms with Crippen LogP contribution < -0.4 is 10.6 Å². The topological polar surface area (TPSA) is 71.1 Å². The van der Waals surface area contributed by atoms with Gasteiger partial charge in [-0.25, -0.2) is 4.98 Å². The second kappa shape index (κ2) is 7.49. The molecule has 2 amide bonds. The first kappa shape index (κ1) is 17.8. The Bertz CT molecular complexity index is 979. The molecule has 0 unspecified atom stereocenters. The van der Waals surface area contributed by atoms with Crippen LogP contribution in [0, 0.1) is 20.8 Å². The van der Waals surface area contributed by atoms with Gasteiger partial charge in [0, 0.05) is 16.8 Å². The van der Waals surface area contributed by atoms with Gasteiger partial charge in [0.05, 0.1) is 11.2 Å². The Labute approximate surface area is 156 Å². The molecule has 5 nitrogen and oxygen atoms in total. The van der Waals surface area contributed by atoms with Gasteiger partial charge >= 0.3 is 0 Å². The van der Waals surface area contributed by atoms with E-state index in [-0.39, 0.29) is 11.8 Å². The lowest BCUT2D eigenvalue weighted by molar-refractivity contribution is 0.101. The van der Waals surface area contributed by atoms with Crippen LogP contribution in [0.4, 0.5) is 10.7 Å². The lowest BCUT2D eigenvalue weighted by Crippen LogP contribution is -2.15. The van der Waals surface area contributed by atoms with Crippen LogP contribution in [-0.4, -0.2) is 16.8 Å². The standard InChI is InChI=1S/C20H19N3O2S/c1-12-5-4-6-15(9-12)19(24)22-16-8-7-13(2)17(10-16)20(25)23-18-11-21-14(3)26-18/h4-11H,1-3H3,(H,22,24)(H,23,25). The van der Waals surface area contributed by atoms with E-state index in [1.54, 1.807) is 24.4 Å². The van der Waals surface area contributed by atoms with Crippen LogP contribution in [0.5, 0.6) is 0 Å². The Hall–Kier alpha value is -2.99. The molecule has 0 radical (unpaired) electrons. The van der Waals surface area contributed by atoms with E-state index in [1.807, 2.05) is 45.0 Å². The fourth-order valence-corrected chi connectivity index (χ4v) is 3.21. The highest BCUT2D eigenvalue weighted by molar-refractivity contribution is 7.15. The predicted molar refractivity (Wildman–Crippen MR) is 105 cm³/mol. The number of rotatable bonds is 4. The van der Waals surface area contributed by atoms with E-state index < -0.39 is 0 Å². The summed E-state index contributed by atoms with van der Waals surface area (Å²) in [6.07, 6.45) is 1.64. The van der Waals surface area contributed by atoms with Crippen LogP contribution >= 0.6 is 11.3 Å². The number of anilines is 2. The van der Waals surface area contributed by atoms with Crippen molar-refractivity contribution in [3.05, 3.63) is 75.9 Å². The van der Waals surface area contributed by atoms with Crippen molar-refractivity contribution in [1.29, 1.82) is 0 Å². The predicted octanol–water partition coefficient (Wildman–Crippen LogP) is 4.57. The molecule has 0 aliphatic carbocycles. The zero-order valence-electron chi connectivity index (χ0n) is 14.8. The number of carbonyl (C=O) groups is 2. The molecular formula is C20H19N3O2S. The van der Waals surface area contributed by atoms with Crippen molar-refractivity contribution in [2.24, 2.45) is 0 Å². The zero-order chi connectivity index (χ0) is 18.7. The molecule has 0 aliphatic heterocycles. The lowest BCUT2D eigenvalue weighted by atomic mass is 10.1. The zero-order valence-corrected chi connectivity index (χ0v) is 15.6. The van der Waals surface area contributed by atoms with Gasteiger partial charge in [-0.2, -0.15) is 0 Å². The number of amides is 2. The van der Waals surface area contributed by atoms with Gasteiger partial charge in [0.2, 0.25) is 0 Å². The Balaban J connectivity index is 1.78. The average molecular weight is 365 g/mol. The smallest absolute Gasteiger partial charge is 0.256 e. The van der Waals surface area contributed by atoms with E-state index in [0.29, 0.717) is 21.8 Å². The van der Waals surface area contributed by atoms with Crippen molar-refractivity contribution in [2.75, 3.05) is 10.6 Å². The average Bonchev–Trinajstić information content (AvgIpc) is 3.01. The third-order valence-corrected chi connectivity index (χ3v) is 4.71. The van der Waals surface area contributed by atoms with E-state index in [2.05, 4.69) is 15.6 Å². The maximum Gasteiger partial charge on any atom is 0.256 e. The first-order chi connectivity index (χ1) is 12.4. The van der Waals surface area contributed by atoms with Gasteiger partial charge in [-0.05, 0) is 50.6 Å². The van der Waals surface area contributed by atoms with Gasteiger partial charge in [0.15, 0.2) is 0 Å². The van der Waals surface area contributed by atoms with Crippen molar-refractivity contribution < 1.29 is 9.59 Å². The first-order valence-electron chi connectivity index (χ1n) is 8.15. The summed E-state index contributed by atoms with van der Waals surface area (Å²) in [5, 5.41) is 7.27. The van der Waals surface area contributed by atoms with Crippen molar-refractivity contribution in [3.8, 4) is 0 Å². The van der Waals surface area contributed by atoms with Crippen LogP contribution in [0.2, 0.25) is 0 Å². The minimum atomic E-state index is -0.224. The minimum absolute atomic E-state index is 0.206. The highest BCUT2D eigenvalue weighted by Gasteiger charge is 2.13. The monoisotopic (exact) mass is 365 g/mol. The number of aryl methyl sites for hydroxylation is 3. The second-order valence-corrected chi connectivity index (χ2v) is 7.29. The molecule has 0 atom stereocenters. The summed E-state index contributed by atoms with van der Waals surface area (Å²) in [7, 11) is 0. The normalized spacial score (nSPS) is 10.4. The SMILES string of the molecule is Cc1cccc(C(=O)Nc2ccc(C)c(C(=O)Nc3cnc(C)s3)c2)c1. The lowest BCUT2D eigenvalue weighted by Gasteiger charge is -2.10. The Morgan fingerprint density at radius 2 is 1.77 bits per heavy atom. The van der Waals surface area contributed by atoms with E-state index in [9.17, 15) is 9.59 Å². The molecule has 3 rings (SSSR count). The van der Waals surface area contributed by atoms with Gasteiger partial charge in [-0.1, -0.05) is 23.8 Å². The number of hydrogen-bond donors (Lipinski definition) is 2. The van der Waals surface area contributed by atoms with Gasteiger partial charge in [-0.15, -0.1) is 11.3 Å². The Morgan fingerprint density at radius 1 is 0.962 bits per heavy atom. The van der Waals surface area contributed by atoms with Gasteiger partial charge in [0.1, 0.15) is 5.00 Å². The van der Waals surface area contributed by atoms with Crippen LogP contribution in [0.1, 0.15) is 36.9 Å². The molecule has 0 saturated heterocycles. The molecule has 2 aromatic carbocycles. The molecular weight excluding hydrogens is 346 g/mol. The van der Waals surface area contributed by atoms with E-state index in [0.717, 1.165) is 16.1 Å². The minimum Gasteiger partial charge on any atom is -0.322 e. The molecule has 0 bridgehead atoms. The molecule has 0 spiro atoms. The fourth-order valence-electron chi connectivity index (χ4n) is 2.53. The molecule has 0 saturated carbocycles. The van der Waals surface area contributed by atoms with Crippen LogP contribution in [0.15, 0.2) is 48.7 Å². The largest absolute Gasteiger partial charge is 0.322 e. The highest BCUT2D eigenvalue weighted by atomic mass is 32.1. The molecule has 2 N–H and O–H groups in total. The van der Waals surface area contributed by atoms with Crippen molar-refractivity contribution in [3.63, 3.8) is 0 Å². The molecule has 3 aromatic rings. The molecule has 0 fully saturated rings. The molecule has 0 aliphatic rings. The maximum absolute atomic E-state index is 12.6. The number of aromatic nitrogens is 1. The van der Waals surface area contributed by atoms with E-state index >= 15 is 0 Å². The van der Waals surface area contributed by atoms with Gasteiger partial charge in [0.25, 0.3) is 11.8 Å². The van der Waals surface area contributed by atoms with E-state index in [4.69, 9.17) is 0 Å². The Morgan fingerprint density at radius 3 is 2.46 bits per heavy atom. The van der Waals surface area contributed by atoms with Crippen LogP contribution in [0.25, 0.3) is 0 Å². The maximum atomic E-state index is 12.6. The molecule has 6 heteroatoms. The van der Waals surface area contributed by atoms with E-state index in [1.165, 1.54) is 11.3 Å². The number of carbonyl (C=O) groups excluding carboxylic acids is 2. The van der Waals surface area contributed by atoms with Crippen molar-refractivity contribution >= 4 is 33.8 Å². The molecule has 1 aromatic heterocycles. The Kier molecular flexibility index (Phi) is 5.14. The number of hydrogen-bond acceptors (Lipinski definition) is 4. The van der Waals surface area contributed by atoms with Crippen molar-refractivity contribution in [2.45, 2.75) is 20.8 Å². The van der Waals surface area contributed by atoms with Gasteiger partial charge < -0.3 is 10.6 Å². The summed E-state index contributed by atoms with van der Waals surface area (Å²) < 4.78 is 0. The number of benzene rings is 2. The van der Waals surface area contributed by atoms with Crippen molar-refractivity contribution in [1.82, 2.24) is 4.98 Å². The quantitative estimate of drug-likeness (QED) is 0.711. The summed E-state index contributed by atoms with van der Waals surface area (Å²) >= 11 is 1.42. The third-order valence-electron chi connectivity index (χ3n) is 3.88. The molecule has 132 valence electrons. The number of nitrogens with one attached hydrogen (secondary N) is 2.